The molecule has 1 fully saturated rings. The molecule has 28 heavy (non-hydrogen) atoms. The zero-order valence-electron chi connectivity index (χ0n) is 16.3. The van der Waals surface area contributed by atoms with Crippen molar-refractivity contribution in [3.05, 3.63) is 59.7 Å². The van der Waals surface area contributed by atoms with E-state index >= 15 is 0 Å². The van der Waals surface area contributed by atoms with Gasteiger partial charge in [-0.25, -0.2) is 0 Å². The van der Waals surface area contributed by atoms with Crippen LogP contribution in [0.15, 0.2) is 48.5 Å². The Bertz CT molecular complexity index is 815. The molecule has 2 aromatic carbocycles. The summed E-state index contributed by atoms with van der Waals surface area (Å²) in [7, 11) is 0. The van der Waals surface area contributed by atoms with Crippen LogP contribution >= 0.6 is 12.2 Å². The van der Waals surface area contributed by atoms with Gasteiger partial charge in [0.25, 0.3) is 0 Å². The molecule has 5 nitrogen and oxygen atoms in total. The predicted molar refractivity (Wildman–Crippen MR) is 115 cm³/mol. The summed E-state index contributed by atoms with van der Waals surface area (Å²) in [6, 6.07) is 17.2. The molecule has 1 atom stereocenters. The lowest BCUT2D eigenvalue weighted by Crippen LogP contribution is -2.46. The molecule has 2 aromatic rings. The van der Waals surface area contributed by atoms with E-state index in [9.17, 15) is 0 Å². The Labute approximate surface area is 172 Å². The lowest BCUT2D eigenvalue weighted by molar-refractivity contribution is 0.174. The van der Waals surface area contributed by atoms with E-state index in [4.69, 9.17) is 21.7 Å². The lowest BCUT2D eigenvalue weighted by atomic mass is 10.2. The van der Waals surface area contributed by atoms with Gasteiger partial charge in [-0.15, -0.1) is 0 Å². The molecule has 1 unspecified atom stereocenters. The van der Waals surface area contributed by atoms with Gasteiger partial charge in [0, 0.05) is 38.8 Å². The van der Waals surface area contributed by atoms with Gasteiger partial charge in [-0.2, -0.15) is 0 Å². The second-order valence-electron chi connectivity index (χ2n) is 7.30. The maximum atomic E-state index is 5.72. The van der Waals surface area contributed by atoms with E-state index in [0.717, 1.165) is 54.8 Å². The predicted octanol–water partition coefficient (Wildman–Crippen LogP) is 3.39. The van der Waals surface area contributed by atoms with Gasteiger partial charge >= 0.3 is 0 Å². The fraction of sp³-hybridized carbons (Fsp3) is 0.409. The molecule has 0 saturated carbocycles. The largest absolute Gasteiger partial charge is 0.454 e. The zero-order chi connectivity index (χ0) is 19.3. The van der Waals surface area contributed by atoms with Crippen molar-refractivity contribution in [2.45, 2.75) is 32.5 Å². The minimum absolute atomic E-state index is 0.301. The SMILES string of the molecule is CCN(C(=S)NCc1ccc2c(c1)OCO2)C1CCN(Cc2ccccc2)C1. The average molecular weight is 398 g/mol. The van der Waals surface area contributed by atoms with Crippen LogP contribution < -0.4 is 14.8 Å². The van der Waals surface area contributed by atoms with Crippen LogP contribution in [0.25, 0.3) is 0 Å². The van der Waals surface area contributed by atoms with Crippen LogP contribution in [-0.2, 0) is 13.1 Å². The molecule has 0 bridgehead atoms. The summed E-state index contributed by atoms with van der Waals surface area (Å²) >= 11 is 5.72. The van der Waals surface area contributed by atoms with E-state index < -0.39 is 0 Å². The molecule has 6 heteroatoms. The first-order valence-corrected chi connectivity index (χ1v) is 10.3. The summed E-state index contributed by atoms with van der Waals surface area (Å²) in [5, 5.41) is 4.25. The van der Waals surface area contributed by atoms with Crippen LogP contribution in [0, 0.1) is 0 Å². The van der Waals surface area contributed by atoms with Crippen molar-refractivity contribution in [3.63, 3.8) is 0 Å². The molecule has 0 aromatic heterocycles. The fourth-order valence-corrected chi connectivity index (χ4v) is 4.30. The minimum atomic E-state index is 0.301. The second kappa shape index (κ2) is 8.80. The highest BCUT2D eigenvalue weighted by Gasteiger charge is 2.28. The first kappa shape index (κ1) is 19.0. The molecular formula is C22H27N3O2S. The topological polar surface area (TPSA) is 37.0 Å². The van der Waals surface area contributed by atoms with Crippen molar-refractivity contribution in [1.29, 1.82) is 0 Å². The Morgan fingerprint density at radius 3 is 2.79 bits per heavy atom. The number of nitrogens with zero attached hydrogens (tertiary/aromatic N) is 2. The summed E-state index contributed by atoms with van der Waals surface area (Å²) in [5.41, 5.74) is 2.51. The van der Waals surface area contributed by atoms with E-state index in [0.29, 0.717) is 19.4 Å². The third kappa shape index (κ3) is 4.39. The Kier molecular flexibility index (Phi) is 5.98. The number of hydrogen-bond acceptors (Lipinski definition) is 4. The Hall–Kier alpha value is -2.31. The van der Waals surface area contributed by atoms with Crippen molar-refractivity contribution < 1.29 is 9.47 Å². The standard InChI is InChI=1S/C22H27N3O2S/c1-2-25(19-10-11-24(15-19)14-17-6-4-3-5-7-17)22(28)23-13-18-8-9-20-21(12-18)27-16-26-20/h3-9,12,19H,2,10-11,13-16H2,1H3,(H,23,28). The van der Waals surface area contributed by atoms with Gasteiger partial charge in [0.15, 0.2) is 16.6 Å². The number of likely N-dealkylation sites (tertiary alicyclic amines) is 1. The molecular weight excluding hydrogens is 370 g/mol. The van der Waals surface area contributed by atoms with E-state index in [1.807, 2.05) is 12.1 Å². The van der Waals surface area contributed by atoms with Gasteiger partial charge in [0.2, 0.25) is 6.79 Å². The van der Waals surface area contributed by atoms with Crippen molar-refractivity contribution in [2.24, 2.45) is 0 Å². The molecule has 2 aliphatic heterocycles. The molecule has 0 radical (unpaired) electrons. The zero-order valence-corrected chi connectivity index (χ0v) is 17.1. The van der Waals surface area contributed by atoms with E-state index in [2.05, 4.69) is 58.4 Å². The van der Waals surface area contributed by atoms with Crippen LogP contribution in [0.5, 0.6) is 11.5 Å². The number of ether oxygens (including phenoxy) is 2. The summed E-state index contributed by atoms with van der Waals surface area (Å²) in [6.07, 6.45) is 1.15. The van der Waals surface area contributed by atoms with E-state index in [1.165, 1.54) is 5.56 Å². The molecule has 2 aliphatic rings. The number of thiocarbonyl (C=S) groups is 1. The molecule has 0 spiro atoms. The highest BCUT2D eigenvalue weighted by molar-refractivity contribution is 7.80. The average Bonchev–Trinajstić information content (AvgIpc) is 3.37. The quantitative estimate of drug-likeness (QED) is 0.753. The van der Waals surface area contributed by atoms with Gasteiger partial charge in [0.05, 0.1) is 0 Å². The molecule has 1 N–H and O–H groups in total. The summed E-state index contributed by atoms with van der Waals surface area (Å²) in [6.45, 7) is 7.24. The van der Waals surface area contributed by atoms with E-state index in [-0.39, 0.29) is 0 Å². The summed E-state index contributed by atoms with van der Waals surface area (Å²) < 4.78 is 10.8. The number of fused-ring (bicyclic) bond motifs is 1. The first-order valence-electron chi connectivity index (χ1n) is 9.92. The molecule has 2 heterocycles. The van der Waals surface area contributed by atoms with Crippen LogP contribution in [0.2, 0.25) is 0 Å². The van der Waals surface area contributed by atoms with Gasteiger partial charge in [-0.3, -0.25) is 4.90 Å². The normalized spacial score (nSPS) is 18.2. The summed E-state index contributed by atoms with van der Waals surface area (Å²) in [4.78, 5) is 4.84. The molecule has 4 rings (SSSR count). The number of hydrogen-bond donors (Lipinski definition) is 1. The van der Waals surface area contributed by atoms with Gasteiger partial charge in [-0.05, 0) is 48.8 Å². The number of benzene rings is 2. The van der Waals surface area contributed by atoms with Crippen molar-refractivity contribution in [3.8, 4) is 11.5 Å². The van der Waals surface area contributed by atoms with Crippen LogP contribution in [0.1, 0.15) is 24.5 Å². The number of rotatable bonds is 6. The maximum Gasteiger partial charge on any atom is 0.231 e. The Morgan fingerprint density at radius 2 is 1.96 bits per heavy atom. The number of nitrogens with one attached hydrogen (secondary N) is 1. The van der Waals surface area contributed by atoms with Crippen LogP contribution in [0.3, 0.4) is 0 Å². The summed E-state index contributed by atoms with van der Waals surface area (Å²) in [5.74, 6) is 1.62. The van der Waals surface area contributed by atoms with Crippen LogP contribution in [0.4, 0.5) is 0 Å². The minimum Gasteiger partial charge on any atom is -0.454 e. The van der Waals surface area contributed by atoms with Gasteiger partial charge in [-0.1, -0.05) is 36.4 Å². The highest BCUT2D eigenvalue weighted by Crippen LogP contribution is 2.32. The first-order chi connectivity index (χ1) is 13.7. The second-order valence-corrected chi connectivity index (χ2v) is 7.68. The highest BCUT2D eigenvalue weighted by atomic mass is 32.1. The molecule has 0 amide bonds. The van der Waals surface area contributed by atoms with Crippen LogP contribution in [-0.4, -0.2) is 47.4 Å². The van der Waals surface area contributed by atoms with E-state index in [1.54, 1.807) is 0 Å². The van der Waals surface area contributed by atoms with Gasteiger partial charge < -0.3 is 19.7 Å². The monoisotopic (exact) mass is 397 g/mol. The molecule has 148 valence electrons. The fourth-order valence-electron chi connectivity index (χ4n) is 3.95. The Balaban J connectivity index is 1.30. The third-order valence-corrected chi connectivity index (χ3v) is 5.80. The van der Waals surface area contributed by atoms with Crippen molar-refractivity contribution >= 4 is 17.3 Å². The lowest BCUT2D eigenvalue weighted by Gasteiger charge is -2.31. The molecule has 1 saturated heterocycles. The van der Waals surface area contributed by atoms with Crippen molar-refractivity contribution in [2.75, 3.05) is 26.4 Å². The Morgan fingerprint density at radius 1 is 1.14 bits per heavy atom. The maximum absolute atomic E-state index is 5.72. The van der Waals surface area contributed by atoms with Gasteiger partial charge in [0.1, 0.15) is 0 Å². The third-order valence-electron chi connectivity index (χ3n) is 5.42. The number of likely N-dealkylation sites (N-methyl/N-ethyl adjacent to an activating group) is 1. The molecule has 0 aliphatic carbocycles. The smallest absolute Gasteiger partial charge is 0.231 e. The van der Waals surface area contributed by atoms with Crippen molar-refractivity contribution in [1.82, 2.24) is 15.1 Å².